The minimum absolute atomic E-state index is 0.264. The maximum atomic E-state index is 10.6. The Morgan fingerprint density at radius 2 is 1.71 bits per heavy atom. The van der Waals surface area contributed by atoms with Crippen LogP contribution in [0.1, 0.15) is 23.1 Å². The highest BCUT2D eigenvalue weighted by Gasteiger charge is 2.32. The van der Waals surface area contributed by atoms with E-state index in [-0.39, 0.29) is 12.1 Å². The molecular formula is C22H26N4O2. The van der Waals surface area contributed by atoms with Crippen LogP contribution in [0.2, 0.25) is 0 Å². The molecule has 28 heavy (non-hydrogen) atoms. The number of aromatic nitrogens is 2. The lowest BCUT2D eigenvalue weighted by Crippen LogP contribution is -2.56. The molecule has 146 valence electrons. The average Bonchev–Trinajstić information content (AvgIpc) is 2.75. The van der Waals surface area contributed by atoms with Gasteiger partial charge in [0.1, 0.15) is 6.33 Å². The van der Waals surface area contributed by atoms with Gasteiger partial charge >= 0.3 is 0 Å². The number of nitrogens with zero attached hydrogens (tertiary/aromatic N) is 4. The van der Waals surface area contributed by atoms with Crippen LogP contribution in [0.4, 0.5) is 0 Å². The summed E-state index contributed by atoms with van der Waals surface area (Å²) in [5.41, 5.74) is 3.02. The van der Waals surface area contributed by atoms with E-state index in [1.807, 2.05) is 12.1 Å². The molecule has 2 saturated heterocycles. The number of β-amino-alcohol motifs (C(OH)–C–C–N with tert-alkyl or cyclic N) is 1. The third-order valence-electron chi connectivity index (χ3n) is 5.42. The third kappa shape index (κ3) is 4.94. The molecule has 2 aromatic rings. The molecule has 0 unspecified atom stereocenters. The lowest BCUT2D eigenvalue weighted by atomic mass is 9.99. The van der Waals surface area contributed by atoms with Crippen molar-refractivity contribution in [2.45, 2.75) is 25.1 Å². The molecule has 1 N–H and O–H groups in total. The van der Waals surface area contributed by atoms with E-state index in [9.17, 15) is 5.11 Å². The molecule has 6 nitrogen and oxygen atoms in total. The van der Waals surface area contributed by atoms with Crippen LogP contribution in [0.5, 0.6) is 0 Å². The number of hydrogen-bond acceptors (Lipinski definition) is 6. The van der Waals surface area contributed by atoms with E-state index in [1.54, 1.807) is 12.4 Å². The van der Waals surface area contributed by atoms with Gasteiger partial charge in [0.15, 0.2) is 0 Å². The van der Waals surface area contributed by atoms with Gasteiger partial charge in [-0.25, -0.2) is 9.97 Å². The molecule has 0 bridgehead atoms. The van der Waals surface area contributed by atoms with Gasteiger partial charge in [-0.2, -0.15) is 0 Å². The highest BCUT2D eigenvalue weighted by Crippen LogP contribution is 2.20. The smallest absolute Gasteiger partial charge is 0.115 e. The monoisotopic (exact) mass is 378 g/mol. The molecule has 0 amide bonds. The number of aliphatic hydroxyl groups is 1. The molecule has 1 aromatic heterocycles. The van der Waals surface area contributed by atoms with Gasteiger partial charge in [0, 0.05) is 56.7 Å². The first kappa shape index (κ1) is 19.0. The van der Waals surface area contributed by atoms with E-state index in [2.05, 4.69) is 43.7 Å². The molecule has 0 aliphatic carbocycles. The Morgan fingerprint density at radius 1 is 1.00 bits per heavy atom. The summed E-state index contributed by atoms with van der Waals surface area (Å²) >= 11 is 0. The summed E-state index contributed by atoms with van der Waals surface area (Å²) in [6.45, 7) is 6.00. The molecule has 2 atom stereocenters. The Morgan fingerprint density at radius 3 is 2.43 bits per heavy atom. The van der Waals surface area contributed by atoms with Gasteiger partial charge in [-0.05, 0) is 24.1 Å². The zero-order chi connectivity index (χ0) is 19.2. The highest BCUT2D eigenvalue weighted by molar-refractivity contribution is 5.41. The van der Waals surface area contributed by atoms with Crippen LogP contribution in [0.3, 0.4) is 0 Å². The summed E-state index contributed by atoms with van der Waals surface area (Å²) in [4.78, 5) is 12.7. The second-order valence-electron chi connectivity index (χ2n) is 7.38. The minimum atomic E-state index is -0.301. The van der Waals surface area contributed by atoms with Crippen molar-refractivity contribution < 1.29 is 9.84 Å². The Kier molecular flexibility index (Phi) is 6.30. The summed E-state index contributed by atoms with van der Waals surface area (Å²) in [5, 5.41) is 10.6. The highest BCUT2D eigenvalue weighted by atomic mass is 16.5. The Labute approximate surface area is 166 Å². The summed E-state index contributed by atoms with van der Waals surface area (Å²) in [6, 6.07) is 8.59. The van der Waals surface area contributed by atoms with Crippen LogP contribution in [-0.4, -0.2) is 76.4 Å². The fourth-order valence-electron chi connectivity index (χ4n) is 3.92. The lowest BCUT2D eigenvalue weighted by molar-refractivity contribution is -0.0534. The van der Waals surface area contributed by atoms with E-state index in [1.165, 1.54) is 11.9 Å². The zero-order valence-corrected chi connectivity index (χ0v) is 16.0. The topological polar surface area (TPSA) is 61.7 Å². The first-order valence-corrected chi connectivity index (χ1v) is 9.86. The second-order valence-corrected chi connectivity index (χ2v) is 7.38. The number of aliphatic hydroxyl groups excluding tert-OH is 1. The number of morpholine rings is 1. The molecule has 2 fully saturated rings. The minimum Gasteiger partial charge on any atom is -0.390 e. The standard InChI is InChI=1S/C22H26N4O2/c27-22-16-25(8-7-21(22)26-9-11-28-12-10-26)15-19-4-1-18(2-5-19)3-6-20-13-23-17-24-14-20/h1-2,4-5,13-14,17,21-22,27H,7-12,15-16H2/t21-,22-/m1/s1. The number of ether oxygens (including phenoxy) is 1. The number of benzene rings is 1. The van der Waals surface area contributed by atoms with Crippen molar-refractivity contribution in [2.75, 3.05) is 39.4 Å². The van der Waals surface area contributed by atoms with Gasteiger partial charge < -0.3 is 9.84 Å². The van der Waals surface area contributed by atoms with Gasteiger partial charge in [-0.15, -0.1) is 0 Å². The molecule has 1 aromatic carbocycles. The quantitative estimate of drug-likeness (QED) is 0.809. The molecule has 2 aliphatic heterocycles. The third-order valence-corrected chi connectivity index (χ3v) is 5.42. The average molecular weight is 378 g/mol. The maximum Gasteiger partial charge on any atom is 0.115 e. The van der Waals surface area contributed by atoms with E-state index < -0.39 is 0 Å². The van der Waals surface area contributed by atoms with Crippen LogP contribution in [-0.2, 0) is 11.3 Å². The largest absolute Gasteiger partial charge is 0.390 e. The predicted octanol–water partition coefficient (Wildman–Crippen LogP) is 1.14. The number of rotatable bonds is 3. The summed E-state index contributed by atoms with van der Waals surface area (Å²) in [7, 11) is 0. The van der Waals surface area contributed by atoms with Gasteiger partial charge in [0.25, 0.3) is 0 Å². The molecule has 2 aliphatic rings. The molecule has 0 spiro atoms. The van der Waals surface area contributed by atoms with Gasteiger partial charge in [-0.3, -0.25) is 9.80 Å². The first-order valence-electron chi connectivity index (χ1n) is 9.86. The number of likely N-dealkylation sites (tertiary alicyclic amines) is 1. The molecule has 6 heteroatoms. The second kappa shape index (κ2) is 9.26. The van der Waals surface area contributed by atoms with Crippen LogP contribution >= 0.6 is 0 Å². The van der Waals surface area contributed by atoms with E-state index >= 15 is 0 Å². The number of hydrogen-bond donors (Lipinski definition) is 1. The fraction of sp³-hybridized carbons (Fsp3) is 0.455. The van der Waals surface area contributed by atoms with E-state index in [0.717, 1.165) is 63.5 Å². The Hall–Kier alpha value is -2.30. The maximum absolute atomic E-state index is 10.6. The lowest BCUT2D eigenvalue weighted by Gasteiger charge is -2.43. The molecule has 0 radical (unpaired) electrons. The zero-order valence-electron chi connectivity index (χ0n) is 16.0. The van der Waals surface area contributed by atoms with Gasteiger partial charge in [0.2, 0.25) is 0 Å². The normalized spacial score (nSPS) is 23.8. The van der Waals surface area contributed by atoms with Crippen LogP contribution in [0, 0.1) is 11.8 Å². The van der Waals surface area contributed by atoms with Crippen molar-refractivity contribution in [3.05, 3.63) is 59.7 Å². The molecular weight excluding hydrogens is 352 g/mol. The van der Waals surface area contributed by atoms with Crippen LogP contribution in [0.25, 0.3) is 0 Å². The van der Waals surface area contributed by atoms with Crippen molar-refractivity contribution in [1.82, 2.24) is 19.8 Å². The van der Waals surface area contributed by atoms with Crippen molar-refractivity contribution in [2.24, 2.45) is 0 Å². The van der Waals surface area contributed by atoms with E-state index in [0.29, 0.717) is 0 Å². The summed E-state index contributed by atoms with van der Waals surface area (Å²) in [6.07, 6.45) is 5.62. The molecule has 4 rings (SSSR count). The number of piperidine rings is 1. The van der Waals surface area contributed by atoms with Gasteiger partial charge in [0.05, 0.1) is 24.9 Å². The Balaban J connectivity index is 1.31. The van der Waals surface area contributed by atoms with Crippen LogP contribution < -0.4 is 0 Å². The fourth-order valence-corrected chi connectivity index (χ4v) is 3.92. The molecule has 0 saturated carbocycles. The first-order chi connectivity index (χ1) is 13.8. The van der Waals surface area contributed by atoms with E-state index in [4.69, 9.17) is 4.74 Å². The summed E-state index contributed by atoms with van der Waals surface area (Å²) < 4.78 is 5.43. The van der Waals surface area contributed by atoms with Gasteiger partial charge in [-0.1, -0.05) is 24.0 Å². The van der Waals surface area contributed by atoms with Crippen molar-refractivity contribution in [3.8, 4) is 11.8 Å². The summed E-state index contributed by atoms with van der Waals surface area (Å²) in [5.74, 6) is 6.21. The SMILES string of the molecule is O[C@@H]1CN(Cc2ccc(C#Cc3cncnc3)cc2)CC[C@H]1N1CCOCC1. The van der Waals surface area contributed by atoms with Crippen molar-refractivity contribution in [3.63, 3.8) is 0 Å². The van der Waals surface area contributed by atoms with Crippen molar-refractivity contribution in [1.29, 1.82) is 0 Å². The Bertz CT molecular complexity index is 810. The van der Waals surface area contributed by atoms with Crippen LogP contribution in [0.15, 0.2) is 43.0 Å². The predicted molar refractivity (Wildman–Crippen MR) is 107 cm³/mol. The van der Waals surface area contributed by atoms with Crippen molar-refractivity contribution >= 4 is 0 Å². The molecule has 3 heterocycles.